The number of anilines is 1. The van der Waals surface area contributed by atoms with Crippen LogP contribution < -0.4 is 5.32 Å². The Morgan fingerprint density at radius 3 is 2.80 bits per heavy atom. The Bertz CT molecular complexity index is 418. The Morgan fingerprint density at radius 2 is 2.27 bits per heavy atom. The summed E-state index contributed by atoms with van der Waals surface area (Å²) in [5.41, 5.74) is 0.354. The van der Waals surface area contributed by atoms with Gasteiger partial charge in [0.25, 0.3) is 0 Å². The highest BCUT2D eigenvalue weighted by molar-refractivity contribution is 5.96. The summed E-state index contributed by atoms with van der Waals surface area (Å²) in [5, 5.41) is 11.5. The Hall–Kier alpha value is -1.89. The molecule has 0 aliphatic carbocycles. The van der Waals surface area contributed by atoms with Crippen molar-refractivity contribution in [1.29, 1.82) is 5.26 Å². The van der Waals surface area contributed by atoms with E-state index in [9.17, 15) is 4.79 Å². The first-order chi connectivity index (χ1) is 6.97. The fourth-order valence-electron chi connectivity index (χ4n) is 0.946. The number of pyridine rings is 1. The monoisotopic (exact) mass is 203 g/mol. The lowest BCUT2D eigenvalue weighted by molar-refractivity contribution is -0.121. The molecular formula is C11H13N3O. The summed E-state index contributed by atoms with van der Waals surface area (Å²) in [7, 11) is 0. The molecule has 0 unspecified atom stereocenters. The van der Waals surface area contributed by atoms with E-state index in [0.717, 1.165) is 5.69 Å². The van der Waals surface area contributed by atoms with Crippen LogP contribution in [0.25, 0.3) is 0 Å². The van der Waals surface area contributed by atoms with Crippen LogP contribution in [0.5, 0.6) is 0 Å². The predicted octanol–water partition coefficient (Wildman–Crippen LogP) is 1.88. The number of hydrogen-bond acceptors (Lipinski definition) is 3. The lowest BCUT2D eigenvalue weighted by Crippen LogP contribution is -2.29. The molecule has 0 atom stereocenters. The zero-order valence-electron chi connectivity index (χ0n) is 9.03. The summed E-state index contributed by atoms with van der Waals surface area (Å²) in [4.78, 5) is 15.7. The number of carbonyl (C=O) groups excluding carboxylic acids is 1. The first-order valence-electron chi connectivity index (χ1n) is 4.61. The maximum Gasteiger partial charge on any atom is 0.244 e. The largest absolute Gasteiger partial charge is 0.323 e. The van der Waals surface area contributed by atoms with Crippen molar-refractivity contribution in [3.05, 3.63) is 24.0 Å². The number of nitrogens with one attached hydrogen (secondary N) is 1. The average Bonchev–Trinajstić information content (AvgIpc) is 2.21. The number of carbonyl (C=O) groups is 1. The summed E-state index contributed by atoms with van der Waals surface area (Å²) < 4.78 is 0. The quantitative estimate of drug-likeness (QED) is 0.798. The molecule has 1 aromatic heterocycles. The second-order valence-corrected chi connectivity index (χ2v) is 3.83. The lowest BCUT2D eigenvalue weighted by atomic mass is 9.94. The number of nitriles is 1. The van der Waals surface area contributed by atoms with Crippen molar-refractivity contribution in [1.82, 2.24) is 4.98 Å². The van der Waals surface area contributed by atoms with Crippen LogP contribution in [0, 0.1) is 23.7 Å². The van der Waals surface area contributed by atoms with Gasteiger partial charge in [-0.3, -0.25) is 9.78 Å². The minimum absolute atomic E-state index is 0.318. The van der Waals surface area contributed by atoms with E-state index >= 15 is 0 Å². The number of amides is 1. The van der Waals surface area contributed by atoms with Gasteiger partial charge in [-0.2, -0.15) is 5.26 Å². The van der Waals surface area contributed by atoms with Gasteiger partial charge in [-0.25, -0.2) is 0 Å². The van der Waals surface area contributed by atoms with Gasteiger partial charge in [0.05, 0.1) is 17.5 Å². The third kappa shape index (κ3) is 2.53. The van der Waals surface area contributed by atoms with Crippen LogP contribution in [0.1, 0.15) is 19.5 Å². The fraction of sp³-hybridized carbons (Fsp3) is 0.364. The molecule has 0 spiro atoms. The molecule has 15 heavy (non-hydrogen) atoms. The number of aryl methyl sites for hydroxylation is 1. The highest BCUT2D eigenvalue weighted by atomic mass is 16.2. The molecule has 1 heterocycles. The van der Waals surface area contributed by atoms with Crippen LogP contribution in [0.4, 0.5) is 5.69 Å². The van der Waals surface area contributed by atoms with E-state index in [4.69, 9.17) is 5.26 Å². The van der Waals surface area contributed by atoms with Gasteiger partial charge < -0.3 is 5.32 Å². The number of aromatic nitrogens is 1. The van der Waals surface area contributed by atoms with Gasteiger partial charge in [0.15, 0.2) is 0 Å². The Balaban J connectivity index is 2.86. The first-order valence-corrected chi connectivity index (χ1v) is 4.61. The van der Waals surface area contributed by atoms with Crippen molar-refractivity contribution < 1.29 is 4.79 Å². The molecule has 0 aliphatic heterocycles. The van der Waals surface area contributed by atoms with E-state index in [1.165, 1.54) is 0 Å². The van der Waals surface area contributed by atoms with E-state index in [2.05, 4.69) is 10.3 Å². The van der Waals surface area contributed by atoms with Crippen LogP contribution >= 0.6 is 0 Å². The second-order valence-electron chi connectivity index (χ2n) is 3.83. The van der Waals surface area contributed by atoms with Crippen molar-refractivity contribution in [2.45, 2.75) is 20.8 Å². The summed E-state index contributed by atoms with van der Waals surface area (Å²) >= 11 is 0. The zero-order chi connectivity index (χ0) is 11.5. The van der Waals surface area contributed by atoms with Crippen LogP contribution in [0.15, 0.2) is 18.3 Å². The number of nitrogens with zero attached hydrogens (tertiary/aromatic N) is 2. The summed E-state index contributed by atoms with van der Waals surface area (Å²) in [5.74, 6) is -0.318. The van der Waals surface area contributed by atoms with Crippen molar-refractivity contribution in [3.63, 3.8) is 0 Å². The molecule has 0 bridgehead atoms. The molecule has 4 heteroatoms. The molecule has 0 aromatic carbocycles. The molecule has 0 aliphatic rings. The van der Waals surface area contributed by atoms with Crippen LogP contribution in [0.2, 0.25) is 0 Å². The normalized spacial score (nSPS) is 10.5. The van der Waals surface area contributed by atoms with Crippen molar-refractivity contribution in [2.24, 2.45) is 5.41 Å². The van der Waals surface area contributed by atoms with Gasteiger partial charge >= 0.3 is 0 Å². The summed E-state index contributed by atoms with van der Waals surface area (Å²) in [6, 6.07) is 5.44. The smallest absolute Gasteiger partial charge is 0.244 e. The van der Waals surface area contributed by atoms with E-state index in [-0.39, 0.29) is 5.91 Å². The summed E-state index contributed by atoms with van der Waals surface area (Å²) in [6.07, 6.45) is 1.65. The van der Waals surface area contributed by atoms with Gasteiger partial charge in [0.1, 0.15) is 5.41 Å². The van der Waals surface area contributed by atoms with Gasteiger partial charge in [-0.05, 0) is 32.9 Å². The maximum absolute atomic E-state index is 11.7. The topological polar surface area (TPSA) is 65.8 Å². The third-order valence-corrected chi connectivity index (χ3v) is 2.10. The zero-order valence-corrected chi connectivity index (χ0v) is 9.03. The fourth-order valence-corrected chi connectivity index (χ4v) is 0.946. The molecule has 1 amide bonds. The van der Waals surface area contributed by atoms with Gasteiger partial charge in [-0.15, -0.1) is 0 Å². The molecule has 1 rings (SSSR count). The first kappa shape index (κ1) is 11.2. The Labute approximate surface area is 88.9 Å². The molecule has 78 valence electrons. The molecule has 4 nitrogen and oxygen atoms in total. The van der Waals surface area contributed by atoms with Crippen LogP contribution in [-0.4, -0.2) is 10.9 Å². The van der Waals surface area contributed by atoms with Crippen molar-refractivity contribution in [2.75, 3.05) is 5.32 Å². The molecule has 1 aromatic rings. The molecular weight excluding hydrogens is 190 g/mol. The highest BCUT2D eigenvalue weighted by Gasteiger charge is 2.27. The molecule has 0 saturated carbocycles. The second kappa shape index (κ2) is 4.09. The number of rotatable bonds is 2. The summed E-state index contributed by atoms with van der Waals surface area (Å²) in [6.45, 7) is 4.96. The SMILES string of the molecule is Cc1ncccc1NC(=O)C(C)(C)C#N. The van der Waals surface area contributed by atoms with E-state index in [1.807, 2.05) is 6.07 Å². The van der Waals surface area contributed by atoms with Crippen LogP contribution in [-0.2, 0) is 4.79 Å². The maximum atomic E-state index is 11.7. The molecule has 0 radical (unpaired) electrons. The van der Waals surface area contributed by atoms with Gasteiger partial charge in [-0.1, -0.05) is 0 Å². The van der Waals surface area contributed by atoms with Crippen molar-refractivity contribution >= 4 is 11.6 Å². The lowest BCUT2D eigenvalue weighted by Gasteiger charge is -2.15. The molecule has 0 saturated heterocycles. The standard InChI is InChI=1S/C11H13N3O/c1-8-9(5-4-6-13-8)14-10(15)11(2,3)7-12/h4-6H,1-3H3,(H,14,15). The Kier molecular flexibility index (Phi) is 3.05. The van der Waals surface area contributed by atoms with Gasteiger partial charge in [0, 0.05) is 6.20 Å². The highest BCUT2D eigenvalue weighted by Crippen LogP contribution is 2.18. The molecule has 1 N–H and O–H groups in total. The number of hydrogen-bond donors (Lipinski definition) is 1. The average molecular weight is 203 g/mol. The third-order valence-electron chi connectivity index (χ3n) is 2.10. The van der Waals surface area contributed by atoms with Crippen molar-refractivity contribution in [3.8, 4) is 6.07 Å². The minimum atomic E-state index is -1.03. The van der Waals surface area contributed by atoms with Gasteiger partial charge in [0.2, 0.25) is 5.91 Å². The van der Waals surface area contributed by atoms with E-state index < -0.39 is 5.41 Å². The Morgan fingerprint density at radius 1 is 1.60 bits per heavy atom. The van der Waals surface area contributed by atoms with E-state index in [0.29, 0.717) is 5.69 Å². The minimum Gasteiger partial charge on any atom is -0.323 e. The van der Waals surface area contributed by atoms with Crippen LogP contribution in [0.3, 0.4) is 0 Å². The predicted molar refractivity (Wildman–Crippen MR) is 57.0 cm³/mol. The molecule has 0 fully saturated rings. The van der Waals surface area contributed by atoms with E-state index in [1.54, 1.807) is 39.1 Å².